The molecule has 1 unspecified atom stereocenters. The summed E-state index contributed by atoms with van der Waals surface area (Å²) in [6.45, 7) is 4.81. The maximum Gasteiger partial charge on any atom is 0.293 e. The third-order valence-electron chi connectivity index (χ3n) is 3.24. The van der Waals surface area contributed by atoms with Gasteiger partial charge >= 0.3 is 0 Å². The third-order valence-corrected chi connectivity index (χ3v) is 3.24. The smallest absolute Gasteiger partial charge is 0.293 e. The number of furan rings is 1. The van der Waals surface area contributed by atoms with E-state index in [2.05, 4.69) is 27.7 Å². The van der Waals surface area contributed by atoms with Crippen molar-refractivity contribution in [2.75, 3.05) is 13.1 Å². The number of rotatable bonds is 4. The summed E-state index contributed by atoms with van der Waals surface area (Å²) in [6.07, 6.45) is 2.69. The lowest BCUT2D eigenvalue weighted by atomic mass is 10.0. The Hall–Kier alpha value is -1.66. The van der Waals surface area contributed by atoms with Crippen LogP contribution in [0.4, 0.5) is 0 Å². The van der Waals surface area contributed by atoms with Gasteiger partial charge in [-0.2, -0.15) is 4.98 Å². The first kappa shape index (κ1) is 11.4. The Balaban J connectivity index is 1.64. The van der Waals surface area contributed by atoms with Crippen LogP contribution in [-0.2, 0) is 6.54 Å². The molecule has 3 heterocycles. The van der Waals surface area contributed by atoms with Crippen LogP contribution in [0.1, 0.15) is 19.2 Å². The summed E-state index contributed by atoms with van der Waals surface area (Å²) in [7, 11) is 0. The molecule has 0 saturated carbocycles. The fourth-order valence-electron chi connectivity index (χ4n) is 2.09. The minimum Gasteiger partial charge on any atom is -0.459 e. The highest BCUT2D eigenvalue weighted by Gasteiger charge is 2.28. The van der Waals surface area contributed by atoms with Crippen LogP contribution < -0.4 is 10.6 Å². The van der Waals surface area contributed by atoms with Crippen molar-refractivity contribution in [2.45, 2.75) is 25.4 Å². The molecule has 0 bridgehead atoms. The average Bonchev–Trinajstić information content (AvgIpc) is 3.08. The van der Waals surface area contributed by atoms with Gasteiger partial charge in [0.2, 0.25) is 0 Å². The zero-order chi connectivity index (χ0) is 12.4. The van der Waals surface area contributed by atoms with Gasteiger partial charge in [-0.15, -0.1) is 0 Å². The van der Waals surface area contributed by atoms with Crippen LogP contribution >= 0.6 is 0 Å². The zero-order valence-corrected chi connectivity index (χ0v) is 10.3. The molecule has 96 valence electrons. The quantitative estimate of drug-likeness (QED) is 0.846. The van der Waals surface area contributed by atoms with Crippen molar-refractivity contribution >= 4 is 0 Å². The van der Waals surface area contributed by atoms with Crippen LogP contribution in [0, 0.1) is 0 Å². The standard InChI is InChI=1S/C12H16N4O2/c1-12(4-5-13-8-12)14-7-10-15-11(18-16-10)9-3-2-6-17-9/h2-3,6,13-14H,4-5,7-8H2,1H3. The summed E-state index contributed by atoms with van der Waals surface area (Å²) in [6, 6.07) is 3.59. The second kappa shape index (κ2) is 4.55. The van der Waals surface area contributed by atoms with Gasteiger partial charge < -0.3 is 19.6 Å². The number of hydrogen-bond acceptors (Lipinski definition) is 6. The van der Waals surface area contributed by atoms with E-state index in [-0.39, 0.29) is 5.54 Å². The summed E-state index contributed by atoms with van der Waals surface area (Å²) in [4.78, 5) is 4.29. The lowest BCUT2D eigenvalue weighted by molar-refractivity contribution is 0.367. The van der Waals surface area contributed by atoms with Crippen molar-refractivity contribution < 1.29 is 8.94 Å². The van der Waals surface area contributed by atoms with Gasteiger partial charge in [0.25, 0.3) is 5.89 Å². The fraction of sp³-hybridized carbons (Fsp3) is 0.500. The van der Waals surface area contributed by atoms with Crippen LogP contribution in [0.25, 0.3) is 11.7 Å². The van der Waals surface area contributed by atoms with Gasteiger partial charge in [-0.3, -0.25) is 0 Å². The highest BCUT2D eigenvalue weighted by atomic mass is 16.5. The molecule has 18 heavy (non-hydrogen) atoms. The summed E-state index contributed by atoms with van der Waals surface area (Å²) < 4.78 is 10.4. The summed E-state index contributed by atoms with van der Waals surface area (Å²) in [5.41, 5.74) is 0.117. The Morgan fingerprint density at radius 1 is 1.56 bits per heavy atom. The van der Waals surface area contributed by atoms with E-state index < -0.39 is 0 Å². The van der Waals surface area contributed by atoms with E-state index in [4.69, 9.17) is 8.94 Å². The predicted molar refractivity (Wildman–Crippen MR) is 64.7 cm³/mol. The van der Waals surface area contributed by atoms with E-state index in [0.29, 0.717) is 24.0 Å². The van der Waals surface area contributed by atoms with Gasteiger partial charge in [0.05, 0.1) is 12.8 Å². The average molecular weight is 248 g/mol. The zero-order valence-electron chi connectivity index (χ0n) is 10.3. The highest BCUT2D eigenvalue weighted by Crippen LogP contribution is 2.18. The monoisotopic (exact) mass is 248 g/mol. The van der Waals surface area contributed by atoms with E-state index >= 15 is 0 Å². The van der Waals surface area contributed by atoms with E-state index in [1.807, 2.05) is 0 Å². The maximum absolute atomic E-state index is 5.20. The Morgan fingerprint density at radius 2 is 2.50 bits per heavy atom. The second-order valence-corrected chi connectivity index (χ2v) is 4.83. The molecule has 0 spiro atoms. The fourth-order valence-corrected chi connectivity index (χ4v) is 2.09. The Morgan fingerprint density at radius 3 is 3.22 bits per heavy atom. The first-order chi connectivity index (χ1) is 8.75. The molecule has 1 atom stereocenters. The molecule has 1 aliphatic rings. The van der Waals surface area contributed by atoms with Crippen molar-refractivity contribution in [1.29, 1.82) is 0 Å². The van der Waals surface area contributed by atoms with Gasteiger partial charge in [0.15, 0.2) is 11.6 Å². The topological polar surface area (TPSA) is 76.1 Å². The molecule has 2 aromatic heterocycles. The van der Waals surface area contributed by atoms with Gasteiger partial charge in [-0.1, -0.05) is 5.16 Å². The van der Waals surface area contributed by atoms with Crippen molar-refractivity contribution in [3.8, 4) is 11.7 Å². The molecule has 0 aliphatic carbocycles. The molecule has 6 nitrogen and oxygen atoms in total. The molecule has 1 fully saturated rings. The van der Waals surface area contributed by atoms with Crippen LogP contribution in [0.5, 0.6) is 0 Å². The summed E-state index contributed by atoms with van der Waals surface area (Å²) in [5, 5.41) is 10.7. The molecule has 0 aromatic carbocycles. The number of nitrogens with one attached hydrogen (secondary N) is 2. The Labute approximate surface area is 105 Å². The molecule has 2 aromatic rings. The highest BCUT2D eigenvalue weighted by molar-refractivity contribution is 5.42. The predicted octanol–water partition coefficient (Wildman–Crippen LogP) is 1.17. The number of hydrogen-bond donors (Lipinski definition) is 2. The largest absolute Gasteiger partial charge is 0.459 e. The van der Waals surface area contributed by atoms with Crippen molar-refractivity contribution in [3.63, 3.8) is 0 Å². The van der Waals surface area contributed by atoms with Crippen molar-refractivity contribution in [1.82, 2.24) is 20.8 Å². The summed E-state index contributed by atoms with van der Waals surface area (Å²) >= 11 is 0. The first-order valence-electron chi connectivity index (χ1n) is 6.07. The van der Waals surface area contributed by atoms with E-state index in [1.165, 1.54) is 0 Å². The molecular formula is C12H16N4O2. The van der Waals surface area contributed by atoms with Gasteiger partial charge in [0.1, 0.15) is 0 Å². The van der Waals surface area contributed by atoms with Crippen LogP contribution in [0.3, 0.4) is 0 Å². The molecule has 1 aliphatic heterocycles. The van der Waals surface area contributed by atoms with E-state index in [0.717, 1.165) is 19.5 Å². The molecule has 0 radical (unpaired) electrons. The molecule has 0 amide bonds. The van der Waals surface area contributed by atoms with Crippen LogP contribution in [0.15, 0.2) is 27.3 Å². The van der Waals surface area contributed by atoms with Gasteiger partial charge in [-0.05, 0) is 32.0 Å². The Bertz CT molecular complexity index is 500. The van der Waals surface area contributed by atoms with Gasteiger partial charge in [-0.25, -0.2) is 0 Å². The minimum atomic E-state index is 0.117. The lowest BCUT2D eigenvalue weighted by Crippen LogP contribution is -2.43. The van der Waals surface area contributed by atoms with Gasteiger partial charge in [0, 0.05) is 12.1 Å². The molecule has 6 heteroatoms. The SMILES string of the molecule is CC1(NCc2noc(-c3ccco3)n2)CCNC1. The van der Waals surface area contributed by atoms with Crippen molar-refractivity contribution in [2.24, 2.45) is 0 Å². The first-order valence-corrected chi connectivity index (χ1v) is 6.07. The molecule has 1 saturated heterocycles. The van der Waals surface area contributed by atoms with E-state index in [1.54, 1.807) is 18.4 Å². The van der Waals surface area contributed by atoms with Crippen LogP contribution in [-0.4, -0.2) is 28.8 Å². The number of nitrogens with zero attached hydrogens (tertiary/aromatic N) is 2. The normalized spacial score (nSPS) is 23.6. The summed E-state index contributed by atoms with van der Waals surface area (Å²) in [5.74, 6) is 1.67. The second-order valence-electron chi connectivity index (χ2n) is 4.83. The molecular weight excluding hydrogens is 232 g/mol. The number of aromatic nitrogens is 2. The molecule has 3 rings (SSSR count). The lowest BCUT2D eigenvalue weighted by Gasteiger charge is -2.23. The maximum atomic E-state index is 5.20. The van der Waals surface area contributed by atoms with Crippen LogP contribution in [0.2, 0.25) is 0 Å². The minimum absolute atomic E-state index is 0.117. The van der Waals surface area contributed by atoms with E-state index in [9.17, 15) is 0 Å². The molecule has 2 N–H and O–H groups in total. The van der Waals surface area contributed by atoms with Crippen molar-refractivity contribution in [3.05, 3.63) is 24.2 Å². The Kier molecular flexibility index (Phi) is 2.89. The third kappa shape index (κ3) is 2.30.